The third-order valence-electron chi connectivity index (χ3n) is 4.49. The zero-order chi connectivity index (χ0) is 16.3. The van der Waals surface area contributed by atoms with Crippen molar-refractivity contribution in [2.45, 2.75) is 122 Å². The van der Waals surface area contributed by atoms with Gasteiger partial charge < -0.3 is 5.11 Å². The van der Waals surface area contributed by atoms with Crippen molar-refractivity contribution >= 4 is 5.97 Å². The largest absolute Gasteiger partial charge is 0.481 e. The van der Waals surface area contributed by atoms with Crippen LogP contribution in [0.25, 0.3) is 0 Å². The first-order valence-corrected chi connectivity index (χ1v) is 9.99. The van der Waals surface area contributed by atoms with E-state index in [4.69, 9.17) is 5.11 Å². The molecule has 0 aliphatic carbocycles. The Balaban J connectivity index is 0. The van der Waals surface area contributed by atoms with Crippen LogP contribution in [0, 0.1) is 0 Å². The van der Waals surface area contributed by atoms with Crippen LogP contribution in [-0.4, -0.2) is 11.1 Å². The molecule has 137 valence electrons. The summed E-state index contributed by atoms with van der Waals surface area (Å²) in [5.74, 6) is -0.652. The number of unbranched alkanes of at least 4 members (excludes halogenated alkanes) is 16. The molecule has 0 atom stereocenters. The van der Waals surface area contributed by atoms with Gasteiger partial charge in [-0.25, -0.2) is 0 Å². The maximum atomic E-state index is 10.4. The molecule has 3 heteroatoms. The molecular weight excluding hydrogens is 323 g/mol. The summed E-state index contributed by atoms with van der Waals surface area (Å²) < 4.78 is 0. The molecule has 0 amide bonds. The first-order chi connectivity index (χ1) is 10.8. The molecule has 0 saturated heterocycles. The molecule has 0 heterocycles. The second-order valence-corrected chi connectivity index (χ2v) is 6.80. The third-order valence-corrected chi connectivity index (χ3v) is 4.49. The van der Waals surface area contributed by atoms with E-state index >= 15 is 0 Å². The molecule has 23 heavy (non-hydrogen) atoms. The number of aliphatic carboxylic acids is 1. The van der Waals surface area contributed by atoms with Crippen LogP contribution in [0.15, 0.2) is 0 Å². The number of hydrogen-bond acceptors (Lipinski definition) is 1. The minimum Gasteiger partial charge on any atom is -0.481 e. The second-order valence-electron chi connectivity index (χ2n) is 6.80. The Morgan fingerprint density at radius 2 is 0.826 bits per heavy atom. The smallest absolute Gasteiger partial charge is 0.303 e. The fraction of sp³-hybridized carbons (Fsp3) is 0.950. The van der Waals surface area contributed by atoms with Gasteiger partial charge in [-0.2, -0.15) is 0 Å². The molecule has 0 fully saturated rings. The van der Waals surface area contributed by atoms with Crippen molar-refractivity contribution in [1.29, 1.82) is 0 Å². The summed E-state index contributed by atoms with van der Waals surface area (Å²) in [6.07, 6.45) is 23.1. The molecule has 0 aliphatic rings. The topological polar surface area (TPSA) is 37.3 Å². The van der Waals surface area contributed by atoms with Gasteiger partial charge in [-0.1, -0.05) is 110 Å². The summed E-state index contributed by atoms with van der Waals surface area (Å²) in [6, 6.07) is 0. The van der Waals surface area contributed by atoms with E-state index in [0.29, 0.717) is 6.42 Å². The average Bonchev–Trinajstić information content (AvgIpc) is 2.50. The molecule has 0 spiro atoms. The van der Waals surface area contributed by atoms with E-state index < -0.39 is 5.97 Å². The molecule has 0 saturated carbocycles. The number of hydrogen-bond donors (Lipinski definition) is 1. The van der Waals surface area contributed by atoms with Gasteiger partial charge in [0.05, 0.1) is 0 Å². The Labute approximate surface area is 157 Å². The maximum Gasteiger partial charge on any atom is 0.303 e. The van der Waals surface area contributed by atoms with Gasteiger partial charge in [0, 0.05) is 25.0 Å². The molecule has 0 rings (SSSR count). The molecule has 0 aromatic rings. The molecule has 0 aliphatic heterocycles. The Bertz CT molecular complexity index is 232. The van der Waals surface area contributed by atoms with Crippen LogP contribution >= 0.6 is 0 Å². The van der Waals surface area contributed by atoms with E-state index in [9.17, 15) is 4.79 Å². The standard InChI is InChI=1S/C20H40O2.V/c1-2-3-4-5-6-7-8-9-10-11-12-13-14-15-16-17-18-19-20(21)22;/h2-19H2,1H3,(H,21,22);. The summed E-state index contributed by atoms with van der Waals surface area (Å²) in [6.45, 7) is 2.28. The van der Waals surface area contributed by atoms with Crippen molar-refractivity contribution in [2.24, 2.45) is 0 Å². The molecule has 0 aromatic carbocycles. The molecule has 1 N–H and O–H groups in total. The molecular formula is C20H40O2V. The summed E-state index contributed by atoms with van der Waals surface area (Å²) >= 11 is 0. The second kappa shape index (κ2) is 22.1. The zero-order valence-corrected chi connectivity index (χ0v) is 16.9. The van der Waals surface area contributed by atoms with Crippen molar-refractivity contribution in [2.75, 3.05) is 0 Å². The maximum absolute atomic E-state index is 10.4. The molecule has 1 radical (unpaired) electrons. The number of carboxylic acid groups (broad SMARTS) is 1. The number of rotatable bonds is 18. The molecule has 2 nitrogen and oxygen atoms in total. The van der Waals surface area contributed by atoms with Gasteiger partial charge in [-0.15, -0.1) is 0 Å². The predicted octanol–water partition coefficient (Wildman–Crippen LogP) is 7.11. The normalized spacial score (nSPS) is 10.5. The van der Waals surface area contributed by atoms with E-state index in [1.54, 1.807) is 0 Å². The number of carboxylic acids is 1. The summed E-state index contributed by atoms with van der Waals surface area (Å²) in [7, 11) is 0. The minimum absolute atomic E-state index is 0. The molecule has 0 aromatic heterocycles. The Morgan fingerprint density at radius 1 is 0.565 bits per heavy atom. The van der Waals surface area contributed by atoms with Gasteiger partial charge in [0.25, 0.3) is 0 Å². The van der Waals surface area contributed by atoms with Crippen LogP contribution in [0.2, 0.25) is 0 Å². The average molecular weight is 363 g/mol. The summed E-state index contributed by atoms with van der Waals surface area (Å²) in [4.78, 5) is 10.4. The van der Waals surface area contributed by atoms with Crippen LogP contribution in [0.3, 0.4) is 0 Å². The van der Waals surface area contributed by atoms with Crippen molar-refractivity contribution in [3.8, 4) is 0 Å². The van der Waals surface area contributed by atoms with Crippen molar-refractivity contribution in [3.63, 3.8) is 0 Å². The van der Waals surface area contributed by atoms with Crippen molar-refractivity contribution < 1.29 is 28.5 Å². The van der Waals surface area contributed by atoms with Crippen LogP contribution in [-0.2, 0) is 23.4 Å². The monoisotopic (exact) mass is 363 g/mol. The van der Waals surface area contributed by atoms with Gasteiger partial charge in [-0.3, -0.25) is 4.79 Å². The van der Waals surface area contributed by atoms with Gasteiger partial charge in [0.15, 0.2) is 0 Å². The van der Waals surface area contributed by atoms with Gasteiger partial charge in [0.1, 0.15) is 0 Å². The van der Waals surface area contributed by atoms with E-state index in [0.717, 1.165) is 12.8 Å². The fourth-order valence-electron chi connectivity index (χ4n) is 3.00. The summed E-state index contributed by atoms with van der Waals surface area (Å²) in [5.41, 5.74) is 0. The number of carbonyl (C=O) groups is 1. The zero-order valence-electron chi connectivity index (χ0n) is 15.5. The predicted molar refractivity (Wildman–Crippen MR) is 96.4 cm³/mol. The fourth-order valence-corrected chi connectivity index (χ4v) is 3.00. The third kappa shape index (κ3) is 24.4. The first kappa shape index (κ1) is 25.3. The Hall–Kier alpha value is 0.0544. The quantitative estimate of drug-likeness (QED) is 0.263. The molecule has 0 unspecified atom stereocenters. The van der Waals surface area contributed by atoms with Gasteiger partial charge in [0.2, 0.25) is 0 Å². The van der Waals surface area contributed by atoms with E-state index in [-0.39, 0.29) is 18.6 Å². The van der Waals surface area contributed by atoms with Crippen molar-refractivity contribution in [1.82, 2.24) is 0 Å². The van der Waals surface area contributed by atoms with Gasteiger partial charge >= 0.3 is 5.97 Å². The first-order valence-electron chi connectivity index (χ1n) is 9.99. The SMILES string of the molecule is CCCCCCCCCCCCCCCCCCCC(=O)O.[V]. The van der Waals surface area contributed by atoms with E-state index in [1.807, 2.05) is 0 Å². The minimum atomic E-state index is -0.652. The van der Waals surface area contributed by atoms with Crippen LogP contribution in [0.4, 0.5) is 0 Å². The van der Waals surface area contributed by atoms with Crippen molar-refractivity contribution in [3.05, 3.63) is 0 Å². The Morgan fingerprint density at radius 3 is 1.09 bits per heavy atom. The summed E-state index contributed by atoms with van der Waals surface area (Å²) in [5, 5.41) is 8.54. The van der Waals surface area contributed by atoms with Crippen LogP contribution < -0.4 is 0 Å². The van der Waals surface area contributed by atoms with E-state index in [1.165, 1.54) is 96.3 Å². The van der Waals surface area contributed by atoms with Crippen LogP contribution in [0.1, 0.15) is 122 Å². The molecule has 0 bridgehead atoms. The van der Waals surface area contributed by atoms with E-state index in [2.05, 4.69) is 6.92 Å². The Kier molecular flexibility index (Phi) is 24.3. The van der Waals surface area contributed by atoms with Gasteiger partial charge in [-0.05, 0) is 6.42 Å². The van der Waals surface area contributed by atoms with Crippen LogP contribution in [0.5, 0.6) is 0 Å².